The number of amides is 2. The van der Waals surface area contributed by atoms with Crippen LogP contribution in [-0.2, 0) is 11.3 Å². The predicted octanol–water partition coefficient (Wildman–Crippen LogP) is 6.65. The molecule has 0 atom stereocenters. The number of hydrogen-bond donors (Lipinski definition) is 2. The van der Waals surface area contributed by atoms with E-state index in [-0.39, 0.29) is 36.3 Å². The number of pyridine rings is 1. The van der Waals surface area contributed by atoms with Crippen LogP contribution in [0.15, 0.2) is 41.4 Å². The van der Waals surface area contributed by atoms with E-state index < -0.39 is 58.2 Å². The second kappa shape index (κ2) is 14.2. The first-order valence-electron chi connectivity index (χ1n) is 13.5. The number of nitrogens with one attached hydrogen (secondary N) is 1. The molecule has 2 N–H and O–H groups in total. The van der Waals surface area contributed by atoms with Crippen LogP contribution < -0.4 is 10.4 Å². The van der Waals surface area contributed by atoms with E-state index in [1.54, 1.807) is 12.3 Å². The van der Waals surface area contributed by atoms with Gasteiger partial charge in [0, 0.05) is 18.3 Å². The number of carbonyl (C=O) groups is 2. The molecule has 0 bridgehead atoms. The van der Waals surface area contributed by atoms with Gasteiger partial charge in [0.1, 0.15) is 10.7 Å². The van der Waals surface area contributed by atoms with Gasteiger partial charge >= 0.3 is 0 Å². The monoisotopic (exact) mass is 626 g/mol. The van der Waals surface area contributed by atoms with Crippen LogP contribution in [0, 0.1) is 34.9 Å². The molecular formula is C29H28F6N4O3S. The Morgan fingerprint density at radius 2 is 1.60 bits per heavy atom. The van der Waals surface area contributed by atoms with Gasteiger partial charge in [0.2, 0.25) is 11.7 Å². The molecule has 0 saturated heterocycles. The number of aromatic nitrogens is 1. The smallest absolute Gasteiger partial charge is 0.274 e. The highest BCUT2D eigenvalue weighted by Gasteiger charge is 2.29. The highest BCUT2D eigenvalue weighted by Crippen LogP contribution is 2.34. The van der Waals surface area contributed by atoms with Gasteiger partial charge in [-0.05, 0) is 60.5 Å². The van der Waals surface area contributed by atoms with Crippen LogP contribution in [0.1, 0.15) is 66.6 Å². The van der Waals surface area contributed by atoms with E-state index in [9.17, 15) is 31.5 Å². The van der Waals surface area contributed by atoms with Crippen LogP contribution in [0.25, 0.3) is 0 Å². The first-order chi connectivity index (χ1) is 20.5. The molecule has 3 aromatic rings. The van der Waals surface area contributed by atoms with Gasteiger partial charge in [0.05, 0.1) is 24.5 Å². The van der Waals surface area contributed by atoms with Crippen molar-refractivity contribution in [3.63, 3.8) is 0 Å². The number of hydrogen-bond acceptors (Lipinski definition) is 6. The van der Waals surface area contributed by atoms with E-state index in [1.807, 2.05) is 6.07 Å². The zero-order chi connectivity index (χ0) is 31.3. The van der Waals surface area contributed by atoms with Crippen LogP contribution in [0.2, 0.25) is 0 Å². The molecule has 0 unspecified atom stereocenters. The van der Waals surface area contributed by atoms with Crippen molar-refractivity contribution >= 4 is 29.4 Å². The van der Waals surface area contributed by atoms with Gasteiger partial charge in [-0.15, -0.1) is 0 Å². The fourth-order valence-corrected chi connectivity index (χ4v) is 5.75. The Morgan fingerprint density at radius 3 is 2.16 bits per heavy atom. The summed E-state index contributed by atoms with van der Waals surface area (Å²) >= 11 is 0.157. The fraction of sp³-hybridized carbons (Fsp3) is 0.345. The van der Waals surface area contributed by atoms with Crippen molar-refractivity contribution in [2.45, 2.75) is 56.4 Å². The molecule has 1 fully saturated rings. The minimum absolute atomic E-state index is 0.0732. The normalized spacial score (nSPS) is 13.8. The van der Waals surface area contributed by atoms with Gasteiger partial charge in [-0.25, -0.2) is 36.1 Å². The second-order valence-corrected chi connectivity index (χ2v) is 11.1. The molecule has 43 heavy (non-hydrogen) atoms. The van der Waals surface area contributed by atoms with Crippen molar-refractivity contribution < 1.29 is 41.1 Å². The average molecular weight is 627 g/mol. The third-order valence-corrected chi connectivity index (χ3v) is 8.39. The van der Waals surface area contributed by atoms with Gasteiger partial charge in [0.15, 0.2) is 23.3 Å². The van der Waals surface area contributed by atoms with Crippen molar-refractivity contribution in [3.05, 3.63) is 88.3 Å². The molecule has 1 aromatic heterocycles. The molecule has 2 aromatic carbocycles. The number of halogens is 6. The molecule has 7 nitrogen and oxygen atoms in total. The maximum atomic E-state index is 15.3. The highest BCUT2D eigenvalue weighted by atomic mass is 32.2. The number of rotatable bonds is 10. The molecule has 0 radical (unpaired) electrons. The molecule has 2 amide bonds. The van der Waals surface area contributed by atoms with E-state index in [4.69, 9.17) is 5.21 Å². The molecule has 0 aliphatic heterocycles. The van der Waals surface area contributed by atoms with Crippen LogP contribution in [0.4, 0.5) is 32.0 Å². The van der Waals surface area contributed by atoms with Gasteiger partial charge in [-0.1, -0.05) is 32.3 Å². The lowest BCUT2D eigenvalue weighted by atomic mass is 9.85. The molecule has 14 heteroatoms. The van der Waals surface area contributed by atoms with Crippen molar-refractivity contribution in [2.75, 3.05) is 18.0 Å². The summed E-state index contributed by atoms with van der Waals surface area (Å²) in [5.74, 6) is -13.1. The van der Waals surface area contributed by atoms with Gasteiger partial charge in [-0.3, -0.25) is 19.8 Å². The number of likely N-dealkylation sites (N-methyl/N-ethyl adjacent to an activating group) is 1. The van der Waals surface area contributed by atoms with Crippen LogP contribution in [0.3, 0.4) is 0 Å². The Labute approximate surface area is 248 Å². The Hall–Kier alpha value is -3.62. The fourth-order valence-electron chi connectivity index (χ4n) is 4.85. The standard InChI is InChI=1S/C29H28F6N4O3S/c1-2-38(43-28-26(34)24(32)23(31)25(33)27(28)35)15-22(40)39(21-11-9-17(12-20(21)30)29(41)37-42)14-19-10-8-18(13-36-19)16-6-4-3-5-7-16/h8-13,16,42H,2-7,14-15H2,1H3,(H,37,41). The van der Waals surface area contributed by atoms with Gasteiger partial charge < -0.3 is 4.90 Å². The van der Waals surface area contributed by atoms with Crippen LogP contribution in [-0.4, -0.2) is 39.4 Å². The average Bonchev–Trinajstić information content (AvgIpc) is 3.03. The minimum Gasteiger partial charge on any atom is -0.302 e. The number of nitrogens with zero attached hydrogens (tertiary/aromatic N) is 3. The summed E-state index contributed by atoms with van der Waals surface area (Å²) in [5, 5.41) is 8.87. The Balaban J connectivity index is 1.62. The van der Waals surface area contributed by atoms with Crippen LogP contribution in [0.5, 0.6) is 0 Å². The van der Waals surface area contributed by atoms with Crippen molar-refractivity contribution in [1.29, 1.82) is 0 Å². The lowest BCUT2D eigenvalue weighted by molar-refractivity contribution is -0.118. The molecule has 1 aliphatic carbocycles. The second-order valence-electron chi connectivity index (χ2n) is 9.95. The quantitative estimate of drug-likeness (QED) is 0.0655. The highest BCUT2D eigenvalue weighted by molar-refractivity contribution is 7.97. The zero-order valence-electron chi connectivity index (χ0n) is 23.0. The first-order valence-corrected chi connectivity index (χ1v) is 14.3. The lowest BCUT2D eigenvalue weighted by Gasteiger charge is -2.27. The first kappa shape index (κ1) is 32.3. The van der Waals surface area contributed by atoms with Crippen molar-refractivity contribution in [1.82, 2.24) is 14.8 Å². The largest absolute Gasteiger partial charge is 0.302 e. The molecule has 1 heterocycles. The summed E-state index contributed by atoms with van der Waals surface area (Å²) < 4.78 is 86.0. The molecular weight excluding hydrogens is 598 g/mol. The van der Waals surface area contributed by atoms with E-state index in [1.165, 1.54) is 24.9 Å². The predicted molar refractivity (Wildman–Crippen MR) is 146 cm³/mol. The van der Waals surface area contributed by atoms with Gasteiger partial charge in [-0.2, -0.15) is 0 Å². The van der Waals surface area contributed by atoms with E-state index in [0.29, 0.717) is 11.6 Å². The van der Waals surface area contributed by atoms with E-state index in [0.717, 1.165) is 52.6 Å². The number of benzene rings is 2. The third kappa shape index (κ3) is 7.31. The van der Waals surface area contributed by atoms with Crippen molar-refractivity contribution in [3.8, 4) is 0 Å². The van der Waals surface area contributed by atoms with Gasteiger partial charge in [0.25, 0.3) is 5.91 Å². The maximum Gasteiger partial charge on any atom is 0.274 e. The molecule has 0 spiro atoms. The Bertz CT molecular complexity index is 1460. The summed E-state index contributed by atoms with van der Waals surface area (Å²) in [5.41, 5.74) is 2.32. The van der Waals surface area contributed by atoms with Crippen LogP contribution >= 0.6 is 11.9 Å². The molecule has 4 rings (SSSR count). The summed E-state index contributed by atoms with van der Waals surface area (Å²) in [6.07, 6.45) is 7.21. The molecule has 230 valence electrons. The lowest BCUT2D eigenvalue weighted by Crippen LogP contribution is -2.38. The minimum atomic E-state index is -2.31. The number of hydroxylamine groups is 1. The zero-order valence-corrected chi connectivity index (χ0v) is 23.8. The number of anilines is 1. The summed E-state index contributed by atoms with van der Waals surface area (Å²) in [6, 6.07) is 6.72. The SMILES string of the molecule is CCN(CC(=O)N(Cc1ccc(C2CCCCC2)cn1)c1ccc(C(=O)NO)cc1F)Sc1c(F)c(F)c(F)c(F)c1F. The molecule has 1 saturated carbocycles. The van der Waals surface area contributed by atoms with Crippen molar-refractivity contribution in [2.24, 2.45) is 0 Å². The summed E-state index contributed by atoms with van der Waals surface area (Å²) in [7, 11) is 0. The molecule has 1 aliphatic rings. The number of carbonyl (C=O) groups excluding carboxylic acids is 2. The topological polar surface area (TPSA) is 85.8 Å². The maximum absolute atomic E-state index is 15.3. The van der Waals surface area contributed by atoms with E-state index >= 15 is 4.39 Å². The summed E-state index contributed by atoms with van der Waals surface area (Å²) in [6.45, 7) is 0.553. The van der Waals surface area contributed by atoms with E-state index in [2.05, 4.69) is 4.98 Å². The Kier molecular flexibility index (Phi) is 10.7. The Morgan fingerprint density at radius 1 is 0.953 bits per heavy atom. The summed E-state index contributed by atoms with van der Waals surface area (Å²) in [4.78, 5) is 29.6. The third-order valence-electron chi connectivity index (χ3n) is 7.20.